The van der Waals surface area contributed by atoms with Crippen molar-refractivity contribution < 1.29 is 19.1 Å². The average molecular weight is 366 g/mol. The van der Waals surface area contributed by atoms with Crippen LogP contribution in [0.3, 0.4) is 0 Å². The highest BCUT2D eigenvalue weighted by Crippen LogP contribution is 2.22. The molecular formula is C18H26N2O4S. The molecule has 2 aliphatic heterocycles. The van der Waals surface area contributed by atoms with Crippen molar-refractivity contribution in [1.29, 1.82) is 0 Å². The van der Waals surface area contributed by atoms with Gasteiger partial charge in [-0.05, 0) is 37.1 Å². The lowest BCUT2D eigenvalue weighted by molar-refractivity contribution is -0.124. The number of nitrogens with one attached hydrogen (secondary N) is 1. The van der Waals surface area contributed by atoms with Gasteiger partial charge in [-0.1, -0.05) is 6.07 Å². The lowest BCUT2D eigenvalue weighted by Gasteiger charge is -2.23. The maximum absolute atomic E-state index is 12.5. The summed E-state index contributed by atoms with van der Waals surface area (Å²) in [7, 11) is 0. The van der Waals surface area contributed by atoms with Crippen molar-refractivity contribution in [2.75, 3.05) is 39.5 Å². The second-order valence-corrected chi connectivity index (χ2v) is 7.53. The summed E-state index contributed by atoms with van der Waals surface area (Å²) < 4.78 is 11.0. The molecular weight excluding hydrogens is 340 g/mol. The molecule has 1 aromatic rings. The Hall–Kier alpha value is -1.44. The number of hydrogen-bond donors (Lipinski definition) is 1. The van der Waals surface area contributed by atoms with E-state index in [1.165, 1.54) is 11.3 Å². The highest BCUT2D eigenvalue weighted by atomic mass is 32.1. The maximum Gasteiger partial charge on any atom is 0.264 e. The minimum Gasteiger partial charge on any atom is -0.381 e. The average Bonchev–Trinajstić information content (AvgIpc) is 3.38. The van der Waals surface area contributed by atoms with Gasteiger partial charge in [-0.15, -0.1) is 11.3 Å². The van der Waals surface area contributed by atoms with Crippen molar-refractivity contribution >= 4 is 23.2 Å². The molecule has 2 atom stereocenters. The molecule has 25 heavy (non-hydrogen) atoms. The largest absolute Gasteiger partial charge is 0.381 e. The highest BCUT2D eigenvalue weighted by molar-refractivity contribution is 7.12. The fraction of sp³-hybridized carbons (Fsp3) is 0.667. The highest BCUT2D eigenvalue weighted by Gasteiger charge is 2.34. The normalized spacial score (nSPS) is 23.1. The lowest BCUT2D eigenvalue weighted by Crippen LogP contribution is -2.46. The van der Waals surface area contributed by atoms with E-state index in [0.29, 0.717) is 30.5 Å². The van der Waals surface area contributed by atoms with Gasteiger partial charge < -0.3 is 19.7 Å². The Bertz CT molecular complexity index is 557. The molecule has 0 aromatic carbocycles. The quantitative estimate of drug-likeness (QED) is 0.714. The predicted octanol–water partition coefficient (Wildman–Crippen LogP) is 1.91. The molecule has 0 saturated carbocycles. The van der Waals surface area contributed by atoms with Crippen LogP contribution in [-0.4, -0.2) is 62.3 Å². The molecule has 3 heterocycles. The summed E-state index contributed by atoms with van der Waals surface area (Å²) in [5.74, 6) is 0.436. The van der Waals surface area contributed by atoms with Crippen LogP contribution in [0.25, 0.3) is 0 Å². The Kier molecular flexibility index (Phi) is 6.84. The zero-order valence-corrected chi connectivity index (χ0v) is 15.3. The molecule has 1 aromatic heterocycles. The molecule has 0 aliphatic carbocycles. The minimum atomic E-state index is -0.342. The van der Waals surface area contributed by atoms with E-state index in [9.17, 15) is 9.59 Å². The first-order valence-corrected chi connectivity index (χ1v) is 9.91. The molecule has 2 aliphatic rings. The van der Waals surface area contributed by atoms with Crippen molar-refractivity contribution in [3.8, 4) is 0 Å². The van der Waals surface area contributed by atoms with Crippen LogP contribution in [0, 0.1) is 5.92 Å². The summed E-state index contributed by atoms with van der Waals surface area (Å²) in [6, 6.07) is 3.33. The molecule has 0 bridgehead atoms. The van der Waals surface area contributed by atoms with Crippen LogP contribution >= 0.6 is 11.3 Å². The molecule has 2 fully saturated rings. The minimum absolute atomic E-state index is 0.0326. The van der Waals surface area contributed by atoms with Gasteiger partial charge in [-0.3, -0.25) is 9.59 Å². The van der Waals surface area contributed by atoms with Crippen molar-refractivity contribution in [1.82, 2.24) is 10.2 Å². The molecule has 1 unspecified atom stereocenters. The number of amides is 2. The predicted molar refractivity (Wildman–Crippen MR) is 95.7 cm³/mol. The molecule has 2 saturated heterocycles. The van der Waals surface area contributed by atoms with E-state index in [0.717, 1.165) is 45.5 Å². The Morgan fingerprint density at radius 2 is 2.32 bits per heavy atom. The van der Waals surface area contributed by atoms with Gasteiger partial charge in [0.1, 0.15) is 6.04 Å². The molecule has 2 amide bonds. The molecule has 138 valence electrons. The molecule has 3 rings (SSSR count). The number of hydrogen-bond acceptors (Lipinski definition) is 5. The van der Waals surface area contributed by atoms with Crippen molar-refractivity contribution in [3.63, 3.8) is 0 Å². The topological polar surface area (TPSA) is 67.9 Å². The third-order valence-electron chi connectivity index (χ3n) is 4.69. The van der Waals surface area contributed by atoms with Crippen molar-refractivity contribution in [2.45, 2.75) is 31.7 Å². The van der Waals surface area contributed by atoms with Crippen LogP contribution in [0.1, 0.15) is 35.4 Å². The summed E-state index contributed by atoms with van der Waals surface area (Å²) in [6.45, 7) is 4.25. The molecule has 7 heteroatoms. The zero-order valence-electron chi connectivity index (χ0n) is 14.4. The number of carbonyl (C=O) groups excluding carboxylic acids is 2. The first-order chi connectivity index (χ1) is 12.3. The molecule has 1 N–H and O–H groups in total. The number of rotatable bonds is 8. The van der Waals surface area contributed by atoms with E-state index in [1.54, 1.807) is 4.90 Å². The first-order valence-electron chi connectivity index (χ1n) is 9.03. The lowest BCUT2D eigenvalue weighted by atomic mass is 10.1. The second kappa shape index (κ2) is 9.31. The van der Waals surface area contributed by atoms with Crippen LogP contribution < -0.4 is 5.32 Å². The zero-order chi connectivity index (χ0) is 17.5. The Labute approximate surface area is 152 Å². The number of thiophene rings is 1. The van der Waals surface area contributed by atoms with Crippen molar-refractivity contribution in [3.05, 3.63) is 22.4 Å². The third kappa shape index (κ3) is 5.03. The summed E-state index contributed by atoms with van der Waals surface area (Å²) in [4.78, 5) is 27.3. The fourth-order valence-electron chi connectivity index (χ4n) is 3.29. The summed E-state index contributed by atoms with van der Waals surface area (Å²) in [5.41, 5.74) is 0. The summed E-state index contributed by atoms with van der Waals surface area (Å²) >= 11 is 1.42. The van der Waals surface area contributed by atoms with Gasteiger partial charge in [0.25, 0.3) is 5.91 Å². The van der Waals surface area contributed by atoms with Gasteiger partial charge in [0.2, 0.25) is 5.91 Å². The number of carbonyl (C=O) groups is 2. The first kappa shape index (κ1) is 18.4. The maximum atomic E-state index is 12.5. The van der Waals surface area contributed by atoms with E-state index in [2.05, 4.69) is 5.32 Å². The molecule has 6 nitrogen and oxygen atoms in total. The fourth-order valence-corrected chi connectivity index (χ4v) is 3.97. The van der Waals surface area contributed by atoms with E-state index in [-0.39, 0.29) is 17.9 Å². The van der Waals surface area contributed by atoms with Crippen LogP contribution in [0.5, 0.6) is 0 Å². The SMILES string of the molecule is O=C(NCCCOCC1CCOC1)[C@@H]1CCCN1C(=O)c1cccs1. The van der Waals surface area contributed by atoms with Gasteiger partial charge in [0.15, 0.2) is 0 Å². The van der Waals surface area contributed by atoms with E-state index in [1.807, 2.05) is 17.5 Å². The van der Waals surface area contributed by atoms with Crippen molar-refractivity contribution in [2.24, 2.45) is 5.92 Å². The Morgan fingerprint density at radius 1 is 1.40 bits per heavy atom. The standard InChI is InChI=1S/C18H26N2O4S/c21-17(19-7-3-9-23-12-14-6-10-24-13-14)15-4-1-8-20(15)18(22)16-5-2-11-25-16/h2,5,11,14-15H,1,3-4,6-10,12-13H2,(H,19,21)/t14?,15-/m0/s1. The second-order valence-electron chi connectivity index (χ2n) is 6.58. The number of nitrogens with zero attached hydrogens (tertiary/aromatic N) is 1. The van der Waals surface area contributed by atoms with E-state index < -0.39 is 0 Å². The Balaban J connectivity index is 1.35. The Morgan fingerprint density at radius 3 is 3.08 bits per heavy atom. The van der Waals surface area contributed by atoms with Crippen LogP contribution in [0.2, 0.25) is 0 Å². The molecule has 0 spiro atoms. The number of ether oxygens (including phenoxy) is 2. The summed E-state index contributed by atoms with van der Waals surface area (Å²) in [6.07, 6.45) is 3.47. The van der Waals surface area contributed by atoms with Gasteiger partial charge >= 0.3 is 0 Å². The summed E-state index contributed by atoms with van der Waals surface area (Å²) in [5, 5.41) is 4.83. The van der Waals surface area contributed by atoms with Gasteiger partial charge in [0.05, 0.1) is 18.1 Å². The monoisotopic (exact) mass is 366 g/mol. The van der Waals surface area contributed by atoms with Crippen LogP contribution in [0.4, 0.5) is 0 Å². The van der Waals surface area contributed by atoms with Gasteiger partial charge in [-0.2, -0.15) is 0 Å². The van der Waals surface area contributed by atoms with Crippen LogP contribution in [-0.2, 0) is 14.3 Å². The molecule has 0 radical (unpaired) electrons. The third-order valence-corrected chi connectivity index (χ3v) is 5.55. The van der Waals surface area contributed by atoms with E-state index >= 15 is 0 Å². The number of likely N-dealkylation sites (tertiary alicyclic amines) is 1. The van der Waals surface area contributed by atoms with E-state index in [4.69, 9.17) is 9.47 Å². The smallest absolute Gasteiger partial charge is 0.264 e. The van der Waals surface area contributed by atoms with Crippen LogP contribution in [0.15, 0.2) is 17.5 Å². The van der Waals surface area contributed by atoms with Gasteiger partial charge in [-0.25, -0.2) is 0 Å². The van der Waals surface area contributed by atoms with Gasteiger partial charge in [0, 0.05) is 32.2 Å².